The highest BCUT2D eigenvalue weighted by Crippen LogP contribution is 2.29. The fourth-order valence-electron chi connectivity index (χ4n) is 3.58. The maximum atomic E-state index is 12.2. The van der Waals surface area contributed by atoms with E-state index in [0.29, 0.717) is 0 Å². The Morgan fingerprint density at radius 1 is 1.10 bits per heavy atom. The van der Waals surface area contributed by atoms with E-state index in [1.165, 1.54) is 0 Å². The molecule has 6 heteroatoms. The quantitative estimate of drug-likeness (QED) is 0.819. The van der Waals surface area contributed by atoms with Crippen molar-refractivity contribution in [1.82, 2.24) is 9.55 Å². The molecule has 2 aliphatic carbocycles. The molecule has 1 saturated carbocycles. The van der Waals surface area contributed by atoms with E-state index in [0.717, 1.165) is 62.6 Å². The van der Waals surface area contributed by atoms with Gasteiger partial charge in [-0.1, -0.05) is 0 Å². The fourth-order valence-corrected chi connectivity index (χ4v) is 3.58. The van der Waals surface area contributed by atoms with Crippen LogP contribution in [0.3, 0.4) is 0 Å². The predicted molar refractivity (Wildman–Crippen MR) is 80.7 cm³/mol. The molecular weight excluding hydrogens is 278 g/mol. The lowest BCUT2D eigenvalue weighted by atomic mass is 9.89. The van der Waals surface area contributed by atoms with Crippen molar-refractivity contribution in [3.8, 4) is 0 Å². The van der Waals surface area contributed by atoms with Crippen LogP contribution in [-0.4, -0.2) is 15.6 Å². The Bertz CT molecular complexity index is 593. The summed E-state index contributed by atoms with van der Waals surface area (Å²) in [6.45, 7) is 0. The monoisotopic (exact) mass is 299 g/mol. The lowest BCUT2D eigenvalue weighted by molar-refractivity contribution is 0.301. The largest absolute Gasteiger partial charge is 0.328 e. The second-order valence-electron chi connectivity index (χ2n) is 5.84. The molecule has 2 unspecified atom stereocenters. The molecule has 0 saturated heterocycles. The van der Waals surface area contributed by atoms with Gasteiger partial charge in [0, 0.05) is 23.3 Å². The third-order valence-electron chi connectivity index (χ3n) is 4.50. The number of H-pyrrole nitrogens is 1. The van der Waals surface area contributed by atoms with Gasteiger partial charge in [-0.15, -0.1) is 12.4 Å². The zero-order valence-corrected chi connectivity index (χ0v) is 12.4. The molecule has 1 heterocycles. The number of rotatable bonds is 1. The zero-order chi connectivity index (χ0) is 13.4. The Hall–Kier alpha value is -1.07. The molecule has 0 spiro atoms. The molecule has 3 rings (SSSR count). The van der Waals surface area contributed by atoms with E-state index in [1.54, 1.807) is 0 Å². The molecule has 0 radical (unpaired) electrons. The van der Waals surface area contributed by atoms with Gasteiger partial charge in [-0.25, -0.2) is 4.79 Å². The van der Waals surface area contributed by atoms with Gasteiger partial charge in [0.05, 0.1) is 0 Å². The van der Waals surface area contributed by atoms with Gasteiger partial charge >= 0.3 is 5.69 Å². The summed E-state index contributed by atoms with van der Waals surface area (Å²) in [6.07, 6.45) is 7.69. The van der Waals surface area contributed by atoms with E-state index in [9.17, 15) is 9.59 Å². The van der Waals surface area contributed by atoms with Gasteiger partial charge in [0.15, 0.2) is 0 Å². The predicted octanol–water partition coefficient (Wildman–Crippen LogP) is 1.28. The molecule has 1 aromatic heterocycles. The topological polar surface area (TPSA) is 80.9 Å². The van der Waals surface area contributed by atoms with Crippen molar-refractivity contribution in [3.63, 3.8) is 0 Å². The third-order valence-corrected chi connectivity index (χ3v) is 4.50. The molecule has 0 amide bonds. The summed E-state index contributed by atoms with van der Waals surface area (Å²) >= 11 is 0. The van der Waals surface area contributed by atoms with Gasteiger partial charge in [0.1, 0.15) is 0 Å². The molecule has 2 atom stereocenters. The molecule has 1 fully saturated rings. The van der Waals surface area contributed by atoms with Gasteiger partial charge in [-0.3, -0.25) is 14.3 Å². The third kappa shape index (κ3) is 2.69. The van der Waals surface area contributed by atoms with Crippen LogP contribution in [0, 0.1) is 0 Å². The summed E-state index contributed by atoms with van der Waals surface area (Å²) < 4.78 is 1.84. The lowest BCUT2D eigenvalue weighted by Gasteiger charge is -2.31. The van der Waals surface area contributed by atoms with Crippen molar-refractivity contribution in [2.45, 2.75) is 63.5 Å². The van der Waals surface area contributed by atoms with E-state index < -0.39 is 0 Å². The number of halogens is 1. The minimum Gasteiger partial charge on any atom is -0.328 e. The Labute approximate surface area is 124 Å². The average Bonchev–Trinajstić information content (AvgIpc) is 2.39. The smallest absolute Gasteiger partial charge is 0.328 e. The number of fused-ring (bicyclic) bond motifs is 1. The van der Waals surface area contributed by atoms with E-state index in [2.05, 4.69) is 4.98 Å². The van der Waals surface area contributed by atoms with Crippen molar-refractivity contribution >= 4 is 12.4 Å². The molecule has 3 N–H and O–H groups in total. The highest BCUT2D eigenvalue weighted by Gasteiger charge is 2.26. The van der Waals surface area contributed by atoms with E-state index in [4.69, 9.17) is 5.73 Å². The van der Waals surface area contributed by atoms with Crippen molar-refractivity contribution in [2.75, 3.05) is 0 Å². The summed E-state index contributed by atoms with van der Waals surface area (Å²) in [5.41, 5.74) is 7.40. The highest BCUT2D eigenvalue weighted by atomic mass is 35.5. The van der Waals surface area contributed by atoms with Crippen LogP contribution in [0.5, 0.6) is 0 Å². The van der Waals surface area contributed by atoms with Gasteiger partial charge in [-0.05, 0) is 51.4 Å². The molecular formula is C14H22ClN3O2. The fraction of sp³-hybridized carbons (Fsp3) is 0.714. The number of nitrogens with two attached hydrogens (primary N) is 1. The second-order valence-corrected chi connectivity index (χ2v) is 5.84. The normalized spacial score (nSPS) is 25.6. The number of hydrogen-bond acceptors (Lipinski definition) is 3. The number of aromatic nitrogens is 2. The molecule has 112 valence electrons. The molecule has 20 heavy (non-hydrogen) atoms. The van der Waals surface area contributed by atoms with Crippen molar-refractivity contribution in [2.24, 2.45) is 5.73 Å². The highest BCUT2D eigenvalue weighted by molar-refractivity contribution is 5.85. The molecule has 0 aromatic carbocycles. The molecule has 5 nitrogen and oxygen atoms in total. The van der Waals surface area contributed by atoms with Crippen LogP contribution in [-0.2, 0) is 12.8 Å². The number of nitrogens with one attached hydrogen (secondary N) is 1. The Morgan fingerprint density at radius 2 is 1.85 bits per heavy atom. The standard InChI is InChI=1S/C14H21N3O2.ClH/c15-9-4-3-5-10(8-9)17-12-7-2-1-6-11(12)13(18)16-14(17)19;/h9-10H,1-8,15H2,(H,16,18,19);1H. The van der Waals surface area contributed by atoms with Gasteiger partial charge in [0.25, 0.3) is 5.56 Å². The maximum Gasteiger partial charge on any atom is 0.328 e. The molecule has 2 aliphatic rings. The summed E-state index contributed by atoms with van der Waals surface area (Å²) in [4.78, 5) is 26.6. The van der Waals surface area contributed by atoms with Gasteiger partial charge in [0.2, 0.25) is 0 Å². The van der Waals surface area contributed by atoms with Crippen LogP contribution in [0.4, 0.5) is 0 Å². The van der Waals surface area contributed by atoms with Crippen LogP contribution in [0.15, 0.2) is 9.59 Å². The summed E-state index contributed by atoms with van der Waals surface area (Å²) in [5, 5.41) is 0. The first-order valence-electron chi connectivity index (χ1n) is 7.29. The Kier molecular flexibility index (Phi) is 4.70. The minimum atomic E-state index is -0.246. The zero-order valence-electron chi connectivity index (χ0n) is 11.6. The first kappa shape index (κ1) is 15.3. The molecule has 0 aliphatic heterocycles. The van der Waals surface area contributed by atoms with Crippen molar-refractivity contribution in [1.29, 1.82) is 0 Å². The first-order valence-corrected chi connectivity index (χ1v) is 7.29. The van der Waals surface area contributed by atoms with E-state index >= 15 is 0 Å². The minimum absolute atomic E-state index is 0. The Morgan fingerprint density at radius 3 is 2.60 bits per heavy atom. The van der Waals surface area contributed by atoms with Crippen LogP contribution in [0.25, 0.3) is 0 Å². The van der Waals surface area contributed by atoms with Crippen LogP contribution < -0.4 is 17.0 Å². The van der Waals surface area contributed by atoms with E-state index in [-0.39, 0.29) is 35.7 Å². The SMILES string of the molecule is Cl.NC1CCCC(n2c3c(c(=O)[nH]c2=O)CCCC3)C1. The number of nitrogens with zero attached hydrogens (tertiary/aromatic N) is 1. The summed E-state index contributed by atoms with van der Waals surface area (Å²) in [5.74, 6) is 0. The number of aromatic amines is 1. The maximum absolute atomic E-state index is 12.2. The Balaban J connectivity index is 0.00000147. The van der Waals surface area contributed by atoms with Crippen LogP contribution in [0.1, 0.15) is 55.8 Å². The summed E-state index contributed by atoms with van der Waals surface area (Å²) in [6, 6.07) is 0.344. The molecule has 1 aromatic rings. The van der Waals surface area contributed by atoms with Crippen LogP contribution in [0.2, 0.25) is 0 Å². The summed E-state index contributed by atoms with van der Waals surface area (Å²) in [7, 11) is 0. The first-order chi connectivity index (χ1) is 9.16. The van der Waals surface area contributed by atoms with Crippen molar-refractivity contribution < 1.29 is 0 Å². The van der Waals surface area contributed by atoms with E-state index in [1.807, 2.05) is 4.57 Å². The van der Waals surface area contributed by atoms with Crippen molar-refractivity contribution in [3.05, 3.63) is 32.1 Å². The van der Waals surface area contributed by atoms with Gasteiger partial charge in [-0.2, -0.15) is 0 Å². The second kappa shape index (κ2) is 6.14. The van der Waals surface area contributed by atoms with Crippen LogP contribution >= 0.6 is 12.4 Å². The number of hydrogen-bond donors (Lipinski definition) is 2. The molecule has 0 bridgehead atoms. The lowest BCUT2D eigenvalue weighted by Crippen LogP contribution is -2.41. The average molecular weight is 300 g/mol. The van der Waals surface area contributed by atoms with Gasteiger partial charge < -0.3 is 5.73 Å².